The van der Waals surface area contributed by atoms with Gasteiger partial charge in [-0.05, 0) is 30.4 Å². The molecule has 1 aromatic carbocycles. The van der Waals surface area contributed by atoms with Crippen molar-refractivity contribution in [1.29, 1.82) is 0 Å². The van der Waals surface area contributed by atoms with Crippen molar-refractivity contribution in [2.24, 2.45) is 7.05 Å². The molecule has 5 nitrogen and oxygen atoms in total. The highest BCUT2D eigenvalue weighted by atomic mass is 16.3. The molecule has 1 aliphatic heterocycles. The minimum atomic E-state index is -0.448. The van der Waals surface area contributed by atoms with Gasteiger partial charge in [0.2, 0.25) is 5.91 Å². The van der Waals surface area contributed by atoms with E-state index in [1.54, 1.807) is 10.9 Å². The summed E-state index contributed by atoms with van der Waals surface area (Å²) >= 11 is 0. The van der Waals surface area contributed by atoms with Crippen molar-refractivity contribution in [3.05, 3.63) is 53.9 Å². The van der Waals surface area contributed by atoms with Crippen LogP contribution < -0.4 is 0 Å². The van der Waals surface area contributed by atoms with Crippen LogP contribution in [0.15, 0.2) is 42.7 Å². The van der Waals surface area contributed by atoms with Gasteiger partial charge < -0.3 is 10.0 Å². The topological polar surface area (TPSA) is 58.4 Å². The van der Waals surface area contributed by atoms with Gasteiger partial charge in [0.15, 0.2) is 0 Å². The Hall–Kier alpha value is -2.14. The lowest BCUT2D eigenvalue weighted by molar-refractivity contribution is -0.132. The Balaban J connectivity index is 1.61. The van der Waals surface area contributed by atoms with E-state index in [1.165, 1.54) is 5.56 Å². The van der Waals surface area contributed by atoms with Gasteiger partial charge in [0.25, 0.3) is 0 Å². The van der Waals surface area contributed by atoms with E-state index in [9.17, 15) is 9.90 Å². The highest BCUT2D eigenvalue weighted by Crippen LogP contribution is 2.23. The highest BCUT2D eigenvalue weighted by molar-refractivity contribution is 5.77. The van der Waals surface area contributed by atoms with Gasteiger partial charge in [0.1, 0.15) is 0 Å². The lowest BCUT2D eigenvalue weighted by Gasteiger charge is -2.26. The van der Waals surface area contributed by atoms with Gasteiger partial charge in [-0.3, -0.25) is 9.48 Å². The largest absolute Gasteiger partial charge is 0.391 e. The van der Waals surface area contributed by atoms with Gasteiger partial charge in [0.05, 0.1) is 18.3 Å². The molecule has 1 N–H and O–H groups in total. The number of aliphatic hydroxyl groups excluding tert-OH is 1. The summed E-state index contributed by atoms with van der Waals surface area (Å²) in [5.41, 5.74) is 2.23. The van der Waals surface area contributed by atoms with E-state index >= 15 is 0 Å². The number of aliphatic hydroxyl groups is 1. The van der Waals surface area contributed by atoms with Crippen molar-refractivity contribution in [1.82, 2.24) is 14.7 Å². The van der Waals surface area contributed by atoms with Crippen LogP contribution in [0.25, 0.3) is 0 Å². The standard InChI is InChI=1S/C18H23N3O2/c1-20-13-15(12-19-20)11-16-17(22)9-10-21(16)18(23)8-7-14-5-3-2-4-6-14/h2-6,12-13,16-17,22H,7-11H2,1H3/t16-,17-/m0/s1. The summed E-state index contributed by atoms with van der Waals surface area (Å²) in [5.74, 6) is 0.124. The van der Waals surface area contributed by atoms with E-state index in [-0.39, 0.29) is 11.9 Å². The third-order valence-corrected chi connectivity index (χ3v) is 4.50. The number of carbonyl (C=O) groups is 1. The van der Waals surface area contributed by atoms with Gasteiger partial charge in [-0.25, -0.2) is 0 Å². The summed E-state index contributed by atoms with van der Waals surface area (Å²) in [5, 5.41) is 14.4. The molecule has 2 aromatic rings. The van der Waals surface area contributed by atoms with Crippen molar-refractivity contribution >= 4 is 5.91 Å². The molecule has 0 saturated carbocycles. The molecule has 5 heteroatoms. The Morgan fingerprint density at radius 3 is 2.78 bits per heavy atom. The third kappa shape index (κ3) is 3.79. The Kier molecular flexibility index (Phi) is 4.76. The molecule has 0 spiro atoms. The monoisotopic (exact) mass is 313 g/mol. The van der Waals surface area contributed by atoms with Gasteiger partial charge in [-0.15, -0.1) is 0 Å². The zero-order chi connectivity index (χ0) is 16.2. The second-order valence-corrected chi connectivity index (χ2v) is 6.22. The van der Waals surface area contributed by atoms with Gasteiger partial charge in [-0.1, -0.05) is 30.3 Å². The number of likely N-dealkylation sites (tertiary alicyclic amines) is 1. The predicted octanol–water partition coefficient (Wildman–Crippen LogP) is 1.56. The number of hydrogen-bond donors (Lipinski definition) is 1. The first-order valence-corrected chi connectivity index (χ1v) is 8.12. The van der Waals surface area contributed by atoms with Crippen molar-refractivity contribution in [2.45, 2.75) is 37.8 Å². The Morgan fingerprint density at radius 2 is 2.09 bits per heavy atom. The van der Waals surface area contributed by atoms with Crippen molar-refractivity contribution in [3.8, 4) is 0 Å². The maximum atomic E-state index is 12.6. The quantitative estimate of drug-likeness (QED) is 0.911. The van der Waals surface area contributed by atoms with Crippen LogP contribution >= 0.6 is 0 Å². The number of rotatable bonds is 5. The number of benzene rings is 1. The molecule has 0 aliphatic carbocycles. The molecule has 122 valence electrons. The van der Waals surface area contributed by atoms with Crippen LogP contribution in [-0.4, -0.2) is 44.4 Å². The van der Waals surface area contributed by atoms with E-state index in [2.05, 4.69) is 5.10 Å². The summed E-state index contributed by atoms with van der Waals surface area (Å²) in [6, 6.07) is 9.90. The van der Waals surface area contributed by atoms with E-state index in [0.29, 0.717) is 25.8 Å². The number of carbonyl (C=O) groups excluding carboxylic acids is 1. The molecule has 1 saturated heterocycles. The van der Waals surface area contributed by atoms with Gasteiger partial charge in [0, 0.05) is 26.2 Å². The third-order valence-electron chi connectivity index (χ3n) is 4.50. The van der Waals surface area contributed by atoms with Crippen LogP contribution in [0.3, 0.4) is 0 Å². The second kappa shape index (κ2) is 6.96. The smallest absolute Gasteiger partial charge is 0.223 e. The lowest BCUT2D eigenvalue weighted by atomic mass is 10.0. The summed E-state index contributed by atoms with van der Waals surface area (Å²) in [6.07, 6.45) is 5.84. The van der Waals surface area contributed by atoms with Crippen molar-refractivity contribution in [2.75, 3.05) is 6.54 Å². The molecule has 0 radical (unpaired) electrons. The molecule has 0 bridgehead atoms. The summed E-state index contributed by atoms with van der Waals surface area (Å²) in [4.78, 5) is 14.4. The summed E-state index contributed by atoms with van der Waals surface area (Å²) in [6.45, 7) is 0.639. The molecule has 0 unspecified atom stereocenters. The molecular weight excluding hydrogens is 290 g/mol. The van der Waals surface area contributed by atoms with E-state index in [0.717, 1.165) is 12.0 Å². The van der Waals surface area contributed by atoms with Crippen LogP contribution in [0.2, 0.25) is 0 Å². The molecule has 23 heavy (non-hydrogen) atoms. The molecule has 2 atom stereocenters. The Bertz CT molecular complexity index is 653. The minimum Gasteiger partial charge on any atom is -0.391 e. The minimum absolute atomic E-state index is 0.124. The zero-order valence-corrected chi connectivity index (χ0v) is 13.4. The molecule has 1 amide bonds. The summed E-state index contributed by atoms with van der Waals surface area (Å²) in [7, 11) is 1.87. The lowest BCUT2D eigenvalue weighted by Crippen LogP contribution is -2.41. The molecule has 1 aromatic heterocycles. The fourth-order valence-corrected chi connectivity index (χ4v) is 3.25. The summed E-state index contributed by atoms with van der Waals surface area (Å²) < 4.78 is 1.75. The van der Waals surface area contributed by atoms with Crippen molar-refractivity contribution in [3.63, 3.8) is 0 Å². The number of amides is 1. The fourth-order valence-electron chi connectivity index (χ4n) is 3.25. The molecule has 3 rings (SSSR count). The Labute approximate surface area is 136 Å². The molecule has 2 heterocycles. The van der Waals surface area contributed by atoms with E-state index in [1.807, 2.05) is 48.5 Å². The zero-order valence-electron chi connectivity index (χ0n) is 13.4. The van der Waals surface area contributed by atoms with Crippen LogP contribution in [0, 0.1) is 0 Å². The highest BCUT2D eigenvalue weighted by Gasteiger charge is 2.35. The van der Waals surface area contributed by atoms with E-state index < -0.39 is 6.10 Å². The number of aryl methyl sites for hydroxylation is 2. The molecule has 1 aliphatic rings. The van der Waals surface area contributed by atoms with Gasteiger partial charge >= 0.3 is 0 Å². The molecule has 1 fully saturated rings. The fraction of sp³-hybridized carbons (Fsp3) is 0.444. The maximum absolute atomic E-state index is 12.6. The predicted molar refractivity (Wildman–Crippen MR) is 87.8 cm³/mol. The average Bonchev–Trinajstić information content (AvgIpc) is 3.13. The van der Waals surface area contributed by atoms with Crippen LogP contribution in [-0.2, 0) is 24.7 Å². The maximum Gasteiger partial charge on any atom is 0.223 e. The van der Waals surface area contributed by atoms with Crippen LogP contribution in [0.5, 0.6) is 0 Å². The number of aromatic nitrogens is 2. The first kappa shape index (κ1) is 15.7. The van der Waals surface area contributed by atoms with Crippen LogP contribution in [0.4, 0.5) is 0 Å². The number of nitrogens with zero attached hydrogens (tertiary/aromatic N) is 3. The number of hydrogen-bond acceptors (Lipinski definition) is 3. The average molecular weight is 313 g/mol. The van der Waals surface area contributed by atoms with Crippen LogP contribution in [0.1, 0.15) is 24.0 Å². The first-order chi connectivity index (χ1) is 11.1. The molecular formula is C18H23N3O2. The van der Waals surface area contributed by atoms with E-state index in [4.69, 9.17) is 0 Å². The van der Waals surface area contributed by atoms with Crippen molar-refractivity contribution < 1.29 is 9.90 Å². The second-order valence-electron chi connectivity index (χ2n) is 6.22. The normalized spacial score (nSPS) is 20.9. The first-order valence-electron chi connectivity index (χ1n) is 8.12. The Morgan fingerprint density at radius 1 is 1.30 bits per heavy atom. The van der Waals surface area contributed by atoms with Gasteiger partial charge in [-0.2, -0.15) is 5.10 Å². The SMILES string of the molecule is Cn1cc(C[C@H]2[C@@H](O)CCN2C(=O)CCc2ccccc2)cn1.